The third-order valence-electron chi connectivity index (χ3n) is 4.74. The minimum atomic E-state index is -1.23. The van der Waals surface area contributed by atoms with Gasteiger partial charge in [-0.15, -0.1) is 12.3 Å². The molecule has 3 N–H and O–H groups in total. The van der Waals surface area contributed by atoms with Crippen molar-refractivity contribution in [1.82, 2.24) is 5.32 Å². The summed E-state index contributed by atoms with van der Waals surface area (Å²) in [6.45, 7) is 1.58. The number of rotatable bonds is 14. The van der Waals surface area contributed by atoms with Gasteiger partial charge in [-0.3, -0.25) is 4.79 Å². The van der Waals surface area contributed by atoms with Gasteiger partial charge in [-0.25, -0.2) is 9.59 Å². The first kappa shape index (κ1) is 28.8. The highest BCUT2D eigenvalue weighted by atomic mass is 127. The van der Waals surface area contributed by atoms with E-state index in [1.165, 1.54) is 34.7 Å². The van der Waals surface area contributed by atoms with E-state index in [-0.39, 0.29) is 43.9 Å². The molecule has 1 aliphatic rings. The number of halogens is 1. The molecule has 1 aromatic rings. The molecule has 0 spiro atoms. The number of ether oxygens (including phenoxy) is 5. The number of hydrogen-bond donors (Lipinski definition) is 3. The molecule has 0 aliphatic carbocycles. The van der Waals surface area contributed by atoms with Crippen molar-refractivity contribution in [3.05, 3.63) is 29.3 Å². The van der Waals surface area contributed by atoms with E-state index in [4.69, 9.17) is 30.1 Å². The van der Waals surface area contributed by atoms with Gasteiger partial charge in [0.15, 0.2) is 6.10 Å². The van der Waals surface area contributed by atoms with Crippen LogP contribution in [-0.4, -0.2) is 77.5 Å². The van der Waals surface area contributed by atoms with Crippen molar-refractivity contribution in [2.24, 2.45) is 0 Å². The van der Waals surface area contributed by atoms with E-state index >= 15 is 0 Å². The number of carbonyl (C=O) groups is 3. The Morgan fingerprint density at radius 2 is 1.91 bits per heavy atom. The summed E-state index contributed by atoms with van der Waals surface area (Å²) in [6, 6.07) is 4.59. The van der Waals surface area contributed by atoms with Crippen molar-refractivity contribution in [3.8, 4) is 18.1 Å². The van der Waals surface area contributed by atoms with Crippen LogP contribution < -0.4 is 10.1 Å². The molecular formula is C23H28INO10. The first-order valence-corrected chi connectivity index (χ1v) is 11.9. The Hall–Kier alpha value is -2.44. The Morgan fingerprint density at radius 1 is 1.17 bits per heavy atom. The fraction of sp³-hybridized carbons (Fsp3) is 0.522. The number of carboxylic acid groups (broad SMARTS) is 1. The summed E-state index contributed by atoms with van der Waals surface area (Å²) >= 11 is 1.50. The van der Waals surface area contributed by atoms with Crippen LogP contribution >= 0.6 is 22.6 Å². The average molecular weight is 605 g/mol. The first-order chi connectivity index (χ1) is 16.8. The number of benzene rings is 1. The number of nitrogens with one attached hydrogen (secondary N) is 1. The highest BCUT2D eigenvalue weighted by Gasteiger charge is 2.34. The molecule has 1 aromatic carbocycles. The van der Waals surface area contributed by atoms with Crippen molar-refractivity contribution < 1.29 is 48.3 Å². The van der Waals surface area contributed by atoms with Crippen molar-refractivity contribution in [3.63, 3.8) is 0 Å². The van der Waals surface area contributed by atoms with Gasteiger partial charge in [0.25, 0.3) is 5.91 Å². The van der Waals surface area contributed by atoms with Gasteiger partial charge in [0.05, 0.1) is 60.7 Å². The lowest BCUT2D eigenvalue weighted by Gasteiger charge is -2.31. The van der Waals surface area contributed by atoms with Crippen molar-refractivity contribution in [2.45, 2.75) is 44.4 Å². The van der Waals surface area contributed by atoms with E-state index in [1.807, 2.05) is 0 Å². The second-order valence-corrected chi connectivity index (χ2v) is 8.31. The molecule has 11 nitrogen and oxygen atoms in total. The quantitative estimate of drug-likeness (QED) is 0.124. The Bertz CT molecular complexity index is 903. The van der Waals surface area contributed by atoms with Gasteiger partial charge >= 0.3 is 9.95 Å². The molecule has 192 valence electrons. The number of terminal acetylenes is 1. The summed E-state index contributed by atoms with van der Waals surface area (Å²) in [6.07, 6.45) is 2.42. The maximum absolute atomic E-state index is 12.9. The Balaban J connectivity index is 1.99. The maximum atomic E-state index is 12.9. The molecule has 0 bridgehead atoms. The predicted octanol–water partition coefficient (Wildman–Crippen LogP) is 1.87. The van der Waals surface area contributed by atoms with E-state index in [1.54, 1.807) is 6.07 Å². The molecule has 0 saturated carbocycles. The topological polar surface area (TPSA) is 150 Å². The molecule has 1 fully saturated rings. The highest BCUT2D eigenvalue weighted by Crippen LogP contribution is 2.27. The lowest BCUT2D eigenvalue weighted by Crippen LogP contribution is -2.42. The average Bonchev–Trinajstić information content (AvgIpc) is 2.81. The summed E-state index contributed by atoms with van der Waals surface area (Å²) in [5, 5.41) is 21.9. The molecule has 1 aliphatic heterocycles. The molecule has 1 heterocycles. The van der Waals surface area contributed by atoms with Gasteiger partial charge in [0.1, 0.15) is 12.4 Å². The third-order valence-corrected chi connectivity index (χ3v) is 5.05. The van der Waals surface area contributed by atoms with Crippen LogP contribution in [0, 0.1) is 12.3 Å². The molecule has 2 rings (SSSR count). The van der Waals surface area contributed by atoms with Gasteiger partial charge in [-0.1, -0.05) is 6.07 Å². The SMILES string of the molecule is C#CCCOCCOCCNC(=O)c1cc(COC(=O)I)ccc1OC1CC(O)CC(C(=O)O)O1. The van der Waals surface area contributed by atoms with Crippen LogP contribution in [0.25, 0.3) is 0 Å². The predicted molar refractivity (Wildman–Crippen MR) is 130 cm³/mol. The normalized spacial score (nSPS) is 19.4. The zero-order valence-corrected chi connectivity index (χ0v) is 21.1. The standard InChI is InChI=1S/C23H28INO10/c1-2-3-7-31-9-10-32-8-6-25-21(27)17-11-15(14-33-23(24)30)4-5-18(17)34-20-13-16(26)12-19(35-20)22(28)29/h1,4-5,11,16,19-20,26H,3,6-10,12-14H2,(H,25,27)(H,28,29). The van der Waals surface area contributed by atoms with Gasteiger partial charge in [-0.05, 0) is 17.7 Å². The molecule has 3 atom stereocenters. The number of aliphatic hydroxyl groups is 1. The fourth-order valence-electron chi connectivity index (χ4n) is 3.11. The lowest BCUT2D eigenvalue weighted by atomic mass is 10.0. The van der Waals surface area contributed by atoms with Crippen LogP contribution in [0.1, 0.15) is 35.2 Å². The molecule has 12 heteroatoms. The van der Waals surface area contributed by atoms with Gasteiger partial charge < -0.3 is 39.2 Å². The molecule has 3 unspecified atom stereocenters. The van der Waals surface area contributed by atoms with Crippen LogP contribution in [0.3, 0.4) is 0 Å². The number of hydrogen-bond acceptors (Lipinski definition) is 9. The van der Waals surface area contributed by atoms with Crippen molar-refractivity contribution in [1.29, 1.82) is 0 Å². The Kier molecular flexibility index (Phi) is 12.8. The van der Waals surface area contributed by atoms with Crippen LogP contribution in [0.15, 0.2) is 18.2 Å². The summed E-state index contributed by atoms with van der Waals surface area (Å²) < 4.78 is 26.3. The molecule has 1 amide bonds. The number of carbonyl (C=O) groups excluding carboxylic acids is 2. The molecule has 0 radical (unpaired) electrons. The first-order valence-electron chi connectivity index (χ1n) is 10.9. The fourth-order valence-corrected chi connectivity index (χ4v) is 3.26. The number of aliphatic hydroxyl groups excluding tert-OH is 1. The summed E-state index contributed by atoms with van der Waals surface area (Å²) in [7, 11) is 0. The second-order valence-electron chi connectivity index (χ2n) is 7.43. The van der Waals surface area contributed by atoms with Crippen LogP contribution in [0.2, 0.25) is 0 Å². The summed E-state index contributed by atoms with van der Waals surface area (Å²) in [4.78, 5) is 35.3. The van der Waals surface area contributed by atoms with Crippen LogP contribution in [0.5, 0.6) is 5.75 Å². The Labute approximate surface area is 216 Å². The van der Waals surface area contributed by atoms with E-state index in [2.05, 4.69) is 11.2 Å². The molecular weight excluding hydrogens is 577 g/mol. The van der Waals surface area contributed by atoms with Gasteiger partial charge in [0.2, 0.25) is 6.29 Å². The largest absolute Gasteiger partial charge is 0.479 e. The van der Waals surface area contributed by atoms with Crippen LogP contribution in [-0.2, 0) is 30.3 Å². The monoisotopic (exact) mass is 605 g/mol. The molecule has 0 aromatic heterocycles. The smallest absolute Gasteiger partial charge is 0.367 e. The van der Waals surface area contributed by atoms with Gasteiger partial charge in [0, 0.05) is 25.8 Å². The summed E-state index contributed by atoms with van der Waals surface area (Å²) in [5.41, 5.74) is 0.668. The van der Waals surface area contributed by atoms with E-state index in [0.717, 1.165) is 0 Å². The van der Waals surface area contributed by atoms with E-state index in [9.17, 15) is 24.6 Å². The van der Waals surface area contributed by atoms with Crippen molar-refractivity contribution >= 4 is 38.4 Å². The third kappa shape index (κ3) is 10.8. The number of aliphatic carboxylic acids is 1. The van der Waals surface area contributed by atoms with E-state index in [0.29, 0.717) is 31.8 Å². The number of amides is 1. The zero-order chi connectivity index (χ0) is 25.6. The van der Waals surface area contributed by atoms with E-state index < -0.39 is 34.4 Å². The highest BCUT2D eigenvalue weighted by molar-refractivity contribution is 14.1. The minimum absolute atomic E-state index is 0.0380. The Morgan fingerprint density at radius 3 is 2.60 bits per heavy atom. The minimum Gasteiger partial charge on any atom is -0.479 e. The summed E-state index contributed by atoms with van der Waals surface area (Å²) in [5.74, 6) is 0.893. The second kappa shape index (κ2) is 15.5. The number of carboxylic acids is 1. The van der Waals surface area contributed by atoms with Gasteiger partial charge in [-0.2, -0.15) is 0 Å². The molecule has 1 saturated heterocycles. The lowest BCUT2D eigenvalue weighted by molar-refractivity contribution is -0.195. The van der Waals surface area contributed by atoms with Crippen molar-refractivity contribution in [2.75, 3.05) is 33.0 Å². The van der Waals surface area contributed by atoms with Crippen LogP contribution in [0.4, 0.5) is 4.79 Å². The maximum Gasteiger partial charge on any atom is 0.367 e. The zero-order valence-electron chi connectivity index (χ0n) is 18.9. The molecule has 35 heavy (non-hydrogen) atoms.